The molecule has 0 unspecified atom stereocenters. The van der Waals surface area contributed by atoms with Crippen LogP contribution in [-0.2, 0) is 7.05 Å². The van der Waals surface area contributed by atoms with Crippen LogP contribution in [0.1, 0.15) is 30.1 Å². The Hall–Kier alpha value is -2.30. The molecule has 1 aliphatic heterocycles. The van der Waals surface area contributed by atoms with Gasteiger partial charge in [-0.05, 0) is 18.8 Å². The molecule has 0 N–H and O–H groups in total. The number of hydrogen-bond donors (Lipinski definition) is 0. The molecule has 0 saturated carbocycles. The van der Waals surface area contributed by atoms with Gasteiger partial charge in [0.05, 0.1) is 0 Å². The zero-order valence-corrected chi connectivity index (χ0v) is 12.9. The summed E-state index contributed by atoms with van der Waals surface area (Å²) in [5, 5.41) is 0. The fourth-order valence-electron chi connectivity index (χ4n) is 2.95. The SMILES string of the molecule is CC1CCN(C(=O)c2c(-c3ccccc3)n(C)oc2=O)CC1. The van der Waals surface area contributed by atoms with Crippen LogP contribution in [0.2, 0.25) is 0 Å². The second-order valence-electron chi connectivity index (χ2n) is 5.94. The average Bonchev–Trinajstić information content (AvgIpc) is 2.82. The van der Waals surface area contributed by atoms with E-state index in [0.717, 1.165) is 18.4 Å². The predicted octanol–water partition coefficient (Wildman–Crippen LogP) is 2.52. The molecular weight excluding hydrogens is 280 g/mol. The zero-order chi connectivity index (χ0) is 15.7. The van der Waals surface area contributed by atoms with Gasteiger partial charge >= 0.3 is 5.63 Å². The number of amides is 1. The van der Waals surface area contributed by atoms with E-state index in [1.54, 1.807) is 11.9 Å². The highest BCUT2D eigenvalue weighted by Crippen LogP contribution is 2.24. The highest BCUT2D eigenvalue weighted by Gasteiger charge is 2.29. The minimum atomic E-state index is -0.565. The summed E-state index contributed by atoms with van der Waals surface area (Å²) < 4.78 is 6.53. The minimum absolute atomic E-state index is 0.142. The molecular formula is C17H20N2O3. The van der Waals surface area contributed by atoms with Gasteiger partial charge in [0, 0.05) is 25.7 Å². The number of carbonyl (C=O) groups excluding carboxylic acids is 1. The van der Waals surface area contributed by atoms with E-state index < -0.39 is 5.63 Å². The number of aromatic nitrogens is 1. The molecule has 116 valence electrons. The molecule has 5 nitrogen and oxygen atoms in total. The van der Waals surface area contributed by atoms with Crippen molar-refractivity contribution < 1.29 is 9.32 Å². The molecule has 1 amide bonds. The first-order valence-corrected chi connectivity index (χ1v) is 7.63. The second-order valence-corrected chi connectivity index (χ2v) is 5.94. The fourth-order valence-corrected chi connectivity index (χ4v) is 2.95. The van der Waals surface area contributed by atoms with Crippen molar-refractivity contribution in [1.29, 1.82) is 0 Å². The normalized spacial score (nSPS) is 16.0. The molecule has 0 radical (unpaired) electrons. The summed E-state index contributed by atoms with van der Waals surface area (Å²) in [4.78, 5) is 26.7. The molecule has 1 aromatic carbocycles. The lowest BCUT2D eigenvalue weighted by Crippen LogP contribution is -2.39. The van der Waals surface area contributed by atoms with Gasteiger partial charge in [-0.25, -0.2) is 9.53 Å². The van der Waals surface area contributed by atoms with E-state index in [0.29, 0.717) is 24.7 Å². The van der Waals surface area contributed by atoms with E-state index >= 15 is 0 Å². The number of rotatable bonds is 2. The van der Waals surface area contributed by atoms with Gasteiger partial charge in [-0.15, -0.1) is 0 Å². The summed E-state index contributed by atoms with van der Waals surface area (Å²) in [6.45, 7) is 3.58. The molecule has 5 heteroatoms. The Kier molecular flexibility index (Phi) is 3.88. The maximum Gasteiger partial charge on any atom is 0.370 e. The molecule has 2 aromatic rings. The molecule has 0 spiro atoms. The largest absolute Gasteiger partial charge is 0.370 e. The second kappa shape index (κ2) is 5.83. The standard InChI is InChI=1S/C17H20N2O3/c1-12-8-10-19(11-9-12)16(20)14-15(18(2)22-17(14)21)13-6-4-3-5-7-13/h3-7,12H,8-11H2,1-2H3. The Morgan fingerprint density at radius 2 is 1.82 bits per heavy atom. The molecule has 3 rings (SSSR count). The smallest absolute Gasteiger partial charge is 0.338 e. The summed E-state index contributed by atoms with van der Waals surface area (Å²) in [5.41, 5.74) is 0.937. The van der Waals surface area contributed by atoms with Crippen LogP contribution in [0.5, 0.6) is 0 Å². The molecule has 0 aliphatic carbocycles. The van der Waals surface area contributed by atoms with Gasteiger partial charge in [0.2, 0.25) is 0 Å². The third-order valence-corrected chi connectivity index (χ3v) is 4.31. The fraction of sp³-hybridized carbons (Fsp3) is 0.412. The number of piperidine rings is 1. The summed E-state index contributed by atoms with van der Waals surface area (Å²) in [6.07, 6.45) is 1.95. The Bertz CT molecular complexity index is 722. The molecule has 1 aliphatic rings. The number of likely N-dealkylation sites (tertiary alicyclic amines) is 1. The van der Waals surface area contributed by atoms with Gasteiger partial charge in [0.1, 0.15) is 5.69 Å². The lowest BCUT2D eigenvalue weighted by molar-refractivity contribution is 0.0695. The number of aryl methyl sites for hydroxylation is 1. The van der Waals surface area contributed by atoms with Gasteiger partial charge in [-0.2, -0.15) is 0 Å². The van der Waals surface area contributed by atoms with E-state index in [1.807, 2.05) is 30.3 Å². The van der Waals surface area contributed by atoms with Gasteiger partial charge in [-0.3, -0.25) is 4.79 Å². The van der Waals surface area contributed by atoms with Crippen molar-refractivity contribution in [1.82, 2.24) is 9.64 Å². The highest BCUT2D eigenvalue weighted by molar-refractivity contribution is 5.99. The Morgan fingerprint density at radius 3 is 2.45 bits per heavy atom. The minimum Gasteiger partial charge on any atom is -0.338 e. The van der Waals surface area contributed by atoms with E-state index in [2.05, 4.69) is 6.92 Å². The summed E-state index contributed by atoms with van der Waals surface area (Å²) in [5.74, 6) is 0.407. The van der Waals surface area contributed by atoms with Crippen molar-refractivity contribution in [2.24, 2.45) is 13.0 Å². The van der Waals surface area contributed by atoms with Crippen molar-refractivity contribution in [2.45, 2.75) is 19.8 Å². The monoisotopic (exact) mass is 300 g/mol. The molecule has 1 aromatic heterocycles. The van der Waals surface area contributed by atoms with Crippen LogP contribution in [0.4, 0.5) is 0 Å². The lowest BCUT2D eigenvalue weighted by atomic mass is 9.98. The molecule has 1 saturated heterocycles. The van der Waals surface area contributed by atoms with Crippen LogP contribution in [0.3, 0.4) is 0 Å². The van der Waals surface area contributed by atoms with Crippen molar-refractivity contribution in [3.8, 4) is 11.3 Å². The van der Waals surface area contributed by atoms with Crippen LogP contribution in [0.25, 0.3) is 11.3 Å². The number of benzene rings is 1. The Morgan fingerprint density at radius 1 is 1.18 bits per heavy atom. The maximum absolute atomic E-state index is 12.8. The van der Waals surface area contributed by atoms with Gasteiger partial charge in [0.15, 0.2) is 5.56 Å². The maximum atomic E-state index is 12.8. The van der Waals surface area contributed by atoms with Crippen LogP contribution in [0.15, 0.2) is 39.6 Å². The first-order chi connectivity index (χ1) is 10.6. The van der Waals surface area contributed by atoms with E-state index in [-0.39, 0.29) is 11.5 Å². The van der Waals surface area contributed by atoms with E-state index in [4.69, 9.17) is 4.52 Å². The zero-order valence-electron chi connectivity index (χ0n) is 12.9. The Balaban J connectivity index is 2.00. The van der Waals surface area contributed by atoms with Crippen LogP contribution >= 0.6 is 0 Å². The van der Waals surface area contributed by atoms with Crippen molar-refractivity contribution >= 4 is 5.91 Å². The van der Waals surface area contributed by atoms with Crippen molar-refractivity contribution in [3.63, 3.8) is 0 Å². The van der Waals surface area contributed by atoms with Gasteiger partial charge in [-0.1, -0.05) is 37.3 Å². The van der Waals surface area contributed by atoms with Crippen LogP contribution in [-0.4, -0.2) is 28.6 Å². The molecule has 0 atom stereocenters. The third kappa shape index (κ3) is 2.58. The average molecular weight is 300 g/mol. The first kappa shape index (κ1) is 14.6. The van der Waals surface area contributed by atoms with Crippen molar-refractivity contribution in [3.05, 3.63) is 46.3 Å². The van der Waals surface area contributed by atoms with E-state index in [1.165, 1.54) is 4.74 Å². The molecule has 0 bridgehead atoms. The van der Waals surface area contributed by atoms with Gasteiger partial charge in [0.25, 0.3) is 5.91 Å². The van der Waals surface area contributed by atoms with Crippen molar-refractivity contribution in [2.75, 3.05) is 13.1 Å². The van der Waals surface area contributed by atoms with Crippen LogP contribution < -0.4 is 5.63 Å². The highest BCUT2D eigenvalue weighted by atomic mass is 16.5. The number of nitrogens with zero attached hydrogens (tertiary/aromatic N) is 2. The topological polar surface area (TPSA) is 55.5 Å². The summed E-state index contributed by atoms with van der Waals surface area (Å²) in [7, 11) is 1.65. The summed E-state index contributed by atoms with van der Waals surface area (Å²) in [6, 6.07) is 9.40. The molecule has 22 heavy (non-hydrogen) atoms. The van der Waals surface area contributed by atoms with Gasteiger partial charge < -0.3 is 9.42 Å². The quantitative estimate of drug-likeness (QED) is 0.856. The lowest BCUT2D eigenvalue weighted by Gasteiger charge is -2.30. The van der Waals surface area contributed by atoms with E-state index in [9.17, 15) is 9.59 Å². The number of hydrogen-bond acceptors (Lipinski definition) is 3. The molecule has 1 fully saturated rings. The summed E-state index contributed by atoms with van der Waals surface area (Å²) >= 11 is 0. The third-order valence-electron chi connectivity index (χ3n) is 4.31. The Labute approximate surface area is 129 Å². The first-order valence-electron chi connectivity index (χ1n) is 7.63. The number of carbonyl (C=O) groups is 1. The predicted molar refractivity (Wildman–Crippen MR) is 83.7 cm³/mol. The van der Waals surface area contributed by atoms with Crippen LogP contribution in [0, 0.1) is 5.92 Å². The molecule has 2 heterocycles.